The summed E-state index contributed by atoms with van der Waals surface area (Å²) >= 11 is 0. The number of carbonyl (C=O) groups is 2. The highest BCUT2D eigenvalue weighted by Crippen LogP contribution is 2.54. The van der Waals surface area contributed by atoms with Crippen LogP contribution in [-0.2, 0) is 26.5 Å². The van der Waals surface area contributed by atoms with Gasteiger partial charge in [-0.25, -0.2) is 0 Å². The molecular formula is C26H30N2O4. The molecule has 0 radical (unpaired) electrons. The van der Waals surface area contributed by atoms with Crippen LogP contribution in [0.2, 0.25) is 0 Å². The van der Waals surface area contributed by atoms with E-state index in [0.29, 0.717) is 25.9 Å². The Labute approximate surface area is 188 Å². The molecule has 0 aliphatic carbocycles. The lowest BCUT2D eigenvalue weighted by molar-refractivity contribution is -0.146. The van der Waals surface area contributed by atoms with Crippen LogP contribution in [-0.4, -0.2) is 36.2 Å². The second-order valence-corrected chi connectivity index (χ2v) is 9.21. The Hall–Kier alpha value is -2.70. The number of hydrogen-bond acceptors (Lipinski definition) is 4. The van der Waals surface area contributed by atoms with E-state index in [2.05, 4.69) is 6.92 Å². The molecule has 3 aliphatic rings. The van der Waals surface area contributed by atoms with Crippen LogP contribution in [0.5, 0.6) is 0 Å². The number of fused-ring (bicyclic) bond motifs is 2. The van der Waals surface area contributed by atoms with Gasteiger partial charge in [-0.2, -0.15) is 0 Å². The van der Waals surface area contributed by atoms with Crippen molar-refractivity contribution in [2.45, 2.75) is 57.3 Å². The fourth-order valence-corrected chi connectivity index (χ4v) is 5.55. The van der Waals surface area contributed by atoms with Gasteiger partial charge in [0.05, 0.1) is 18.3 Å². The zero-order valence-electron chi connectivity index (χ0n) is 18.5. The lowest BCUT2D eigenvalue weighted by atomic mass is 9.82. The lowest BCUT2D eigenvalue weighted by Crippen LogP contribution is -2.43. The Morgan fingerprint density at radius 1 is 1.12 bits per heavy atom. The summed E-state index contributed by atoms with van der Waals surface area (Å²) in [5, 5.41) is 9.48. The number of benzene rings is 2. The number of hydrogen-bond donors (Lipinski definition) is 1. The monoisotopic (exact) mass is 434 g/mol. The van der Waals surface area contributed by atoms with Gasteiger partial charge in [0.25, 0.3) is 5.91 Å². The van der Waals surface area contributed by atoms with Gasteiger partial charge in [0.1, 0.15) is 0 Å². The van der Waals surface area contributed by atoms with E-state index in [-0.39, 0.29) is 30.4 Å². The van der Waals surface area contributed by atoms with Gasteiger partial charge in [-0.15, -0.1) is 0 Å². The molecule has 1 N–H and O–H groups in total. The van der Waals surface area contributed by atoms with Crippen LogP contribution in [0, 0.1) is 5.92 Å². The molecule has 2 amide bonds. The third-order valence-electron chi connectivity index (χ3n) is 7.17. The molecule has 2 fully saturated rings. The molecule has 168 valence electrons. The summed E-state index contributed by atoms with van der Waals surface area (Å²) in [5.74, 6) is 0.0547. The van der Waals surface area contributed by atoms with E-state index in [1.54, 1.807) is 0 Å². The molecule has 2 aromatic carbocycles. The molecule has 0 saturated carbocycles. The lowest BCUT2D eigenvalue weighted by Gasteiger charge is -2.30. The number of anilines is 2. The van der Waals surface area contributed by atoms with Crippen molar-refractivity contribution in [1.29, 1.82) is 0 Å². The van der Waals surface area contributed by atoms with E-state index in [0.717, 1.165) is 41.8 Å². The Bertz CT molecular complexity index is 1020. The molecule has 2 aromatic rings. The van der Waals surface area contributed by atoms with Crippen molar-refractivity contribution in [2.24, 2.45) is 5.92 Å². The molecule has 3 heterocycles. The highest BCUT2D eigenvalue weighted by molar-refractivity contribution is 6.08. The number of carbonyl (C=O) groups excluding carboxylic acids is 2. The molecule has 1 spiro atoms. The van der Waals surface area contributed by atoms with Gasteiger partial charge in [-0.3, -0.25) is 9.59 Å². The number of ether oxygens (including phenoxy) is 1. The van der Waals surface area contributed by atoms with Crippen LogP contribution in [0.25, 0.3) is 0 Å². The van der Waals surface area contributed by atoms with Crippen molar-refractivity contribution < 1.29 is 19.4 Å². The standard InChI is InChI=1S/C26H30N2O4/c1-18-15-21(12-14-29)32-26(18)22-16-20(27-13-6-5-9-24(27)30)10-11-23(22)28(25(26)31)17-19-7-3-2-4-8-19/h2-4,7-8,10-11,16,18,21,29H,5-6,9,12-15,17H2,1H3/t18-,21+,26+/m0/s1. The smallest absolute Gasteiger partial charge is 0.264 e. The Morgan fingerprint density at radius 3 is 2.69 bits per heavy atom. The number of rotatable bonds is 5. The van der Waals surface area contributed by atoms with Crippen molar-refractivity contribution in [2.75, 3.05) is 23.0 Å². The van der Waals surface area contributed by atoms with E-state index in [4.69, 9.17) is 4.74 Å². The zero-order chi connectivity index (χ0) is 22.3. The molecule has 6 heteroatoms. The average Bonchev–Trinajstić information content (AvgIpc) is 3.25. The van der Waals surface area contributed by atoms with Gasteiger partial charge in [0.15, 0.2) is 5.60 Å². The van der Waals surface area contributed by atoms with Crippen molar-refractivity contribution >= 4 is 23.2 Å². The third-order valence-corrected chi connectivity index (χ3v) is 7.17. The van der Waals surface area contributed by atoms with Gasteiger partial charge in [0, 0.05) is 36.7 Å². The fourth-order valence-electron chi connectivity index (χ4n) is 5.55. The predicted molar refractivity (Wildman–Crippen MR) is 122 cm³/mol. The van der Waals surface area contributed by atoms with Crippen molar-refractivity contribution in [3.05, 3.63) is 59.7 Å². The highest BCUT2D eigenvalue weighted by atomic mass is 16.5. The number of piperidine rings is 1. The predicted octanol–water partition coefficient (Wildman–Crippen LogP) is 3.75. The number of aliphatic hydroxyl groups is 1. The van der Waals surface area contributed by atoms with E-state index in [9.17, 15) is 14.7 Å². The first-order valence-corrected chi connectivity index (χ1v) is 11.6. The van der Waals surface area contributed by atoms with Crippen molar-refractivity contribution in [3.8, 4) is 0 Å². The van der Waals surface area contributed by atoms with E-state index in [1.165, 1.54) is 0 Å². The molecule has 32 heavy (non-hydrogen) atoms. The second-order valence-electron chi connectivity index (χ2n) is 9.21. The minimum absolute atomic E-state index is 0.0293. The topological polar surface area (TPSA) is 70.1 Å². The van der Waals surface area contributed by atoms with E-state index < -0.39 is 5.60 Å². The summed E-state index contributed by atoms with van der Waals surface area (Å²) < 4.78 is 6.48. The minimum Gasteiger partial charge on any atom is -0.396 e. The second kappa shape index (κ2) is 8.34. The number of nitrogens with zero attached hydrogens (tertiary/aromatic N) is 2. The van der Waals surface area contributed by atoms with Gasteiger partial charge >= 0.3 is 0 Å². The summed E-state index contributed by atoms with van der Waals surface area (Å²) in [7, 11) is 0. The first-order valence-electron chi connectivity index (χ1n) is 11.6. The van der Waals surface area contributed by atoms with E-state index >= 15 is 0 Å². The molecule has 3 atom stereocenters. The van der Waals surface area contributed by atoms with Crippen LogP contribution < -0.4 is 9.80 Å². The largest absolute Gasteiger partial charge is 0.396 e. The molecular weight excluding hydrogens is 404 g/mol. The molecule has 3 aliphatic heterocycles. The molecule has 5 rings (SSSR count). The maximum absolute atomic E-state index is 14.0. The summed E-state index contributed by atoms with van der Waals surface area (Å²) in [6.45, 7) is 3.27. The molecule has 6 nitrogen and oxygen atoms in total. The number of amides is 2. The van der Waals surface area contributed by atoms with Crippen LogP contribution in [0.1, 0.15) is 50.2 Å². The summed E-state index contributed by atoms with van der Waals surface area (Å²) in [5.41, 5.74) is 2.52. The van der Waals surface area contributed by atoms with E-state index in [1.807, 2.05) is 58.3 Å². The van der Waals surface area contributed by atoms with Gasteiger partial charge in [-0.1, -0.05) is 37.3 Å². The fraction of sp³-hybridized carbons (Fsp3) is 0.462. The first kappa shape index (κ1) is 21.2. The van der Waals surface area contributed by atoms with Gasteiger partial charge < -0.3 is 19.6 Å². The van der Waals surface area contributed by atoms with Crippen LogP contribution in [0.3, 0.4) is 0 Å². The Kier molecular flexibility index (Phi) is 5.51. The zero-order valence-corrected chi connectivity index (χ0v) is 18.5. The average molecular weight is 435 g/mol. The van der Waals surface area contributed by atoms with Crippen molar-refractivity contribution in [1.82, 2.24) is 0 Å². The molecule has 0 bridgehead atoms. The maximum atomic E-state index is 14.0. The summed E-state index contributed by atoms with van der Waals surface area (Å²) in [6, 6.07) is 15.9. The maximum Gasteiger partial charge on any atom is 0.264 e. The summed E-state index contributed by atoms with van der Waals surface area (Å²) in [4.78, 5) is 30.2. The highest BCUT2D eigenvalue weighted by Gasteiger charge is 2.60. The number of aliphatic hydroxyl groups excluding tert-OH is 1. The van der Waals surface area contributed by atoms with Gasteiger partial charge in [0.2, 0.25) is 5.91 Å². The van der Waals surface area contributed by atoms with Crippen LogP contribution in [0.4, 0.5) is 11.4 Å². The Morgan fingerprint density at radius 2 is 1.94 bits per heavy atom. The first-order chi connectivity index (χ1) is 15.5. The minimum atomic E-state index is -1.07. The third kappa shape index (κ3) is 3.33. The van der Waals surface area contributed by atoms with Gasteiger partial charge in [-0.05, 0) is 49.4 Å². The molecule has 0 unspecified atom stereocenters. The quantitative estimate of drug-likeness (QED) is 0.778. The SMILES string of the molecule is C[C@H]1C[C@@H](CCO)O[C@]12C(=O)N(Cc1ccccc1)c1ccc(N3CCCCC3=O)cc12. The molecule has 2 saturated heterocycles. The van der Waals surface area contributed by atoms with Crippen LogP contribution in [0.15, 0.2) is 48.5 Å². The molecule has 0 aromatic heterocycles. The normalized spacial score (nSPS) is 27.4. The van der Waals surface area contributed by atoms with Crippen molar-refractivity contribution in [3.63, 3.8) is 0 Å². The summed E-state index contributed by atoms with van der Waals surface area (Å²) in [6.07, 6.45) is 3.54. The Balaban J connectivity index is 1.59. The van der Waals surface area contributed by atoms with Crippen LogP contribution >= 0.6 is 0 Å².